The molecule has 5 heteroatoms. The topological polar surface area (TPSA) is 30.5 Å². The van der Waals surface area contributed by atoms with Crippen molar-refractivity contribution in [3.05, 3.63) is 52.0 Å². The number of ether oxygens (including phenoxy) is 2. The summed E-state index contributed by atoms with van der Waals surface area (Å²) in [6, 6.07) is 11.3. The zero-order valence-corrected chi connectivity index (χ0v) is 11.5. The van der Waals surface area contributed by atoms with Crippen LogP contribution in [-0.2, 0) is 6.54 Å². The van der Waals surface area contributed by atoms with E-state index in [2.05, 4.69) is 5.32 Å². The van der Waals surface area contributed by atoms with Crippen LogP contribution in [0.2, 0.25) is 10.0 Å². The van der Waals surface area contributed by atoms with Crippen LogP contribution >= 0.6 is 23.2 Å². The normalized spacial score (nSPS) is 12.5. The van der Waals surface area contributed by atoms with Gasteiger partial charge in [0.05, 0.1) is 10.7 Å². The van der Waals surface area contributed by atoms with E-state index < -0.39 is 0 Å². The first-order valence-electron chi connectivity index (χ1n) is 5.80. The van der Waals surface area contributed by atoms with Gasteiger partial charge >= 0.3 is 0 Å². The Labute approximate surface area is 121 Å². The molecule has 0 radical (unpaired) electrons. The van der Waals surface area contributed by atoms with Gasteiger partial charge in [-0.1, -0.05) is 35.3 Å². The number of fused-ring (bicyclic) bond motifs is 1. The molecule has 1 N–H and O–H groups in total. The fraction of sp³-hybridized carbons (Fsp3) is 0.143. The van der Waals surface area contributed by atoms with Crippen molar-refractivity contribution in [2.24, 2.45) is 0 Å². The summed E-state index contributed by atoms with van der Waals surface area (Å²) in [5.41, 5.74) is 1.94. The van der Waals surface area contributed by atoms with Crippen molar-refractivity contribution in [2.45, 2.75) is 6.54 Å². The van der Waals surface area contributed by atoms with E-state index >= 15 is 0 Å². The van der Waals surface area contributed by atoms with Crippen molar-refractivity contribution in [2.75, 3.05) is 12.1 Å². The molecule has 3 nitrogen and oxygen atoms in total. The number of rotatable bonds is 3. The van der Waals surface area contributed by atoms with E-state index in [-0.39, 0.29) is 6.79 Å². The Morgan fingerprint density at radius 3 is 2.42 bits per heavy atom. The lowest BCUT2D eigenvalue weighted by molar-refractivity contribution is 0.174. The van der Waals surface area contributed by atoms with Gasteiger partial charge in [-0.25, -0.2) is 0 Å². The number of halogens is 2. The summed E-state index contributed by atoms with van der Waals surface area (Å²) in [7, 11) is 0. The van der Waals surface area contributed by atoms with Crippen molar-refractivity contribution < 1.29 is 9.47 Å². The van der Waals surface area contributed by atoms with Crippen LogP contribution in [0.15, 0.2) is 36.4 Å². The van der Waals surface area contributed by atoms with Gasteiger partial charge < -0.3 is 14.8 Å². The summed E-state index contributed by atoms with van der Waals surface area (Å²) in [6.07, 6.45) is 0. The SMILES string of the molecule is Clc1ccc(CNc2cc3c(cc2Cl)OCO3)cc1. The third kappa shape index (κ3) is 2.72. The molecule has 0 fully saturated rings. The molecular formula is C14H11Cl2NO2. The van der Waals surface area contributed by atoms with E-state index in [0.29, 0.717) is 23.1 Å². The summed E-state index contributed by atoms with van der Waals surface area (Å²) in [4.78, 5) is 0. The Bertz CT molecular complexity index is 599. The Hall–Kier alpha value is -1.58. The van der Waals surface area contributed by atoms with Crippen molar-refractivity contribution in [3.8, 4) is 11.5 Å². The minimum atomic E-state index is 0.242. The summed E-state index contributed by atoms with van der Waals surface area (Å²) >= 11 is 12.0. The van der Waals surface area contributed by atoms with Gasteiger partial charge in [0, 0.05) is 23.7 Å². The molecule has 0 spiro atoms. The molecule has 0 aliphatic carbocycles. The van der Waals surface area contributed by atoms with E-state index in [1.165, 1.54) is 0 Å². The van der Waals surface area contributed by atoms with Crippen LogP contribution in [0.1, 0.15) is 5.56 Å². The van der Waals surface area contributed by atoms with E-state index in [4.69, 9.17) is 32.7 Å². The summed E-state index contributed by atoms with van der Waals surface area (Å²) in [6.45, 7) is 0.906. The van der Waals surface area contributed by atoms with Crippen molar-refractivity contribution in [3.63, 3.8) is 0 Å². The first kappa shape index (κ1) is 12.5. The Balaban J connectivity index is 1.75. The molecule has 0 saturated carbocycles. The second-order valence-corrected chi connectivity index (χ2v) is 5.01. The zero-order valence-electron chi connectivity index (χ0n) is 9.95. The average Bonchev–Trinajstić information content (AvgIpc) is 2.85. The molecule has 0 bridgehead atoms. The highest BCUT2D eigenvalue weighted by molar-refractivity contribution is 6.33. The van der Waals surface area contributed by atoms with Crippen LogP contribution < -0.4 is 14.8 Å². The van der Waals surface area contributed by atoms with E-state index in [9.17, 15) is 0 Å². The van der Waals surface area contributed by atoms with Gasteiger partial charge in [0.1, 0.15) is 0 Å². The average molecular weight is 296 g/mol. The number of benzene rings is 2. The second-order valence-electron chi connectivity index (χ2n) is 4.17. The highest BCUT2D eigenvalue weighted by atomic mass is 35.5. The molecule has 1 heterocycles. The highest BCUT2D eigenvalue weighted by Crippen LogP contribution is 2.39. The van der Waals surface area contributed by atoms with Gasteiger partial charge in [0.15, 0.2) is 11.5 Å². The van der Waals surface area contributed by atoms with Gasteiger partial charge in [0.25, 0.3) is 0 Å². The largest absolute Gasteiger partial charge is 0.454 e. The molecule has 19 heavy (non-hydrogen) atoms. The van der Waals surface area contributed by atoms with Crippen molar-refractivity contribution >= 4 is 28.9 Å². The third-order valence-electron chi connectivity index (χ3n) is 2.86. The van der Waals surface area contributed by atoms with Gasteiger partial charge in [-0.05, 0) is 17.7 Å². The van der Waals surface area contributed by atoms with Gasteiger partial charge in [-0.2, -0.15) is 0 Å². The molecule has 98 valence electrons. The summed E-state index contributed by atoms with van der Waals surface area (Å²) in [5.74, 6) is 1.39. The molecule has 0 unspecified atom stereocenters. The Morgan fingerprint density at radius 1 is 1.00 bits per heavy atom. The fourth-order valence-electron chi connectivity index (χ4n) is 1.85. The van der Waals surface area contributed by atoms with Crippen LogP contribution in [0.5, 0.6) is 11.5 Å². The third-order valence-corrected chi connectivity index (χ3v) is 3.42. The van der Waals surface area contributed by atoms with E-state index in [1.807, 2.05) is 30.3 Å². The minimum absolute atomic E-state index is 0.242. The maximum absolute atomic E-state index is 6.18. The first-order valence-corrected chi connectivity index (χ1v) is 6.55. The zero-order chi connectivity index (χ0) is 13.2. The second kappa shape index (κ2) is 5.19. The number of hydrogen-bond donors (Lipinski definition) is 1. The fourth-order valence-corrected chi connectivity index (χ4v) is 2.20. The molecule has 1 aliphatic rings. The molecule has 2 aromatic carbocycles. The number of hydrogen-bond acceptors (Lipinski definition) is 3. The van der Waals surface area contributed by atoms with Gasteiger partial charge in [0.2, 0.25) is 6.79 Å². The molecular weight excluding hydrogens is 285 g/mol. The van der Waals surface area contributed by atoms with Crippen molar-refractivity contribution in [1.82, 2.24) is 0 Å². The minimum Gasteiger partial charge on any atom is -0.454 e. The predicted octanol–water partition coefficient (Wildman–Crippen LogP) is 4.33. The monoisotopic (exact) mass is 295 g/mol. The van der Waals surface area contributed by atoms with Crippen LogP contribution in [-0.4, -0.2) is 6.79 Å². The lowest BCUT2D eigenvalue weighted by atomic mass is 10.2. The smallest absolute Gasteiger partial charge is 0.231 e. The van der Waals surface area contributed by atoms with Crippen molar-refractivity contribution in [1.29, 1.82) is 0 Å². The van der Waals surface area contributed by atoms with Gasteiger partial charge in [-0.3, -0.25) is 0 Å². The van der Waals surface area contributed by atoms with Crippen LogP contribution in [0.4, 0.5) is 5.69 Å². The maximum Gasteiger partial charge on any atom is 0.231 e. The quantitative estimate of drug-likeness (QED) is 0.914. The molecule has 0 aromatic heterocycles. The molecule has 0 atom stereocenters. The predicted molar refractivity (Wildman–Crippen MR) is 76.4 cm³/mol. The Morgan fingerprint density at radius 2 is 1.68 bits per heavy atom. The summed E-state index contributed by atoms with van der Waals surface area (Å²) < 4.78 is 10.6. The van der Waals surface area contributed by atoms with Crippen LogP contribution in [0, 0.1) is 0 Å². The molecule has 2 aromatic rings. The van der Waals surface area contributed by atoms with Crippen LogP contribution in [0.3, 0.4) is 0 Å². The molecule has 0 saturated heterocycles. The number of nitrogens with one attached hydrogen (secondary N) is 1. The first-order chi connectivity index (χ1) is 9.22. The lowest BCUT2D eigenvalue weighted by Gasteiger charge is -2.09. The lowest BCUT2D eigenvalue weighted by Crippen LogP contribution is -1.99. The standard InChI is InChI=1S/C14H11Cl2NO2/c15-10-3-1-9(2-4-10)7-17-12-6-14-13(5-11(12)16)18-8-19-14/h1-6,17H,7-8H2. The molecule has 1 aliphatic heterocycles. The highest BCUT2D eigenvalue weighted by Gasteiger charge is 2.16. The molecule has 0 amide bonds. The molecule has 3 rings (SSSR count). The Kier molecular flexibility index (Phi) is 3.40. The van der Waals surface area contributed by atoms with Gasteiger partial charge in [-0.15, -0.1) is 0 Å². The van der Waals surface area contributed by atoms with Crippen LogP contribution in [0.25, 0.3) is 0 Å². The van der Waals surface area contributed by atoms with E-state index in [1.54, 1.807) is 6.07 Å². The maximum atomic E-state index is 6.18. The van der Waals surface area contributed by atoms with E-state index in [0.717, 1.165) is 16.3 Å². The summed E-state index contributed by atoms with van der Waals surface area (Å²) in [5, 5.41) is 4.60. The number of anilines is 1.